The Kier molecular flexibility index (Phi) is 3.95. The van der Waals surface area contributed by atoms with Crippen LogP contribution in [0, 0.1) is 0 Å². The summed E-state index contributed by atoms with van der Waals surface area (Å²) in [5.41, 5.74) is 4.21. The number of benzene rings is 2. The van der Waals surface area contributed by atoms with E-state index in [0.717, 1.165) is 23.9 Å². The molecule has 0 aliphatic carbocycles. The maximum atomic E-state index is 13.1. The minimum Gasteiger partial charge on any atom is -0.374 e. The molecule has 2 heterocycles. The van der Waals surface area contributed by atoms with E-state index in [1.54, 1.807) is 12.1 Å². The molecule has 0 atom stereocenters. The Hall–Kier alpha value is -2.76. The maximum absolute atomic E-state index is 13.1. The lowest BCUT2D eigenvalue weighted by molar-refractivity contribution is 0.141. The zero-order chi connectivity index (χ0) is 17.4. The molecule has 25 heavy (non-hydrogen) atoms. The Balaban J connectivity index is 1.62. The molecule has 1 aliphatic rings. The van der Waals surface area contributed by atoms with Crippen molar-refractivity contribution in [3.8, 4) is 0 Å². The van der Waals surface area contributed by atoms with Crippen molar-refractivity contribution in [3.05, 3.63) is 59.4 Å². The smallest absolute Gasteiger partial charge is 0.297 e. The van der Waals surface area contributed by atoms with Crippen LogP contribution in [0.5, 0.6) is 0 Å². The molecule has 2 aromatic carbocycles. The van der Waals surface area contributed by atoms with Crippen LogP contribution >= 0.6 is 0 Å². The maximum Gasteiger partial charge on any atom is 0.297 e. The first kappa shape index (κ1) is 15.7. The van der Waals surface area contributed by atoms with Gasteiger partial charge in [-0.15, -0.1) is 0 Å². The topological polar surface area (TPSA) is 41.0 Å². The normalized spacial score (nSPS) is 13.5. The first-order valence-corrected chi connectivity index (χ1v) is 8.23. The Morgan fingerprint density at radius 2 is 2.00 bits per heavy atom. The number of anilines is 2. The van der Waals surface area contributed by atoms with Gasteiger partial charge in [0.2, 0.25) is 0 Å². The summed E-state index contributed by atoms with van der Waals surface area (Å²) in [4.78, 5) is 10.2. The lowest BCUT2D eigenvalue weighted by Gasteiger charge is -2.13. The summed E-state index contributed by atoms with van der Waals surface area (Å²) in [7, 11) is 2.09. The number of hydrogen-bond acceptors (Lipinski definition) is 4. The van der Waals surface area contributed by atoms with Crippen molar-refractivity contribution in [2.24, 2.45) is 0 Å². The van der Waals surface area contributed by atoms with E-state index in [4.69, 9.17) is 0 Å². The molecular weight excluding hydrogens is 322 g/mol. The minimum atomic E-state index is -2.69. The second kappa shape index (κ2) is 6.27. The van der Waals surface area contributed by atoms with Gasteiger partial charge in [-0.1, -0.05) is 24.3 Å². The molecule has 1 aromatic heterocycles. The van der Waals surface area contributed by atoms with Crippen molar-refractivity contribution in [1.29, 1.82) is 0 Å². The summed E-state index contributed by atoms with van der Waals surface area (Å²) >= 11 is 0. The molecule has 0 unspecified atom stereocenters. The Morgan fingerprint density at radius 1 is 1.16 bits per heavy atom. The molecule has 3 aromatic rings. The van der Waals surface area contributed by atoms with Gasteiger partial charge >= 0.3 is 0 Å². The Bertz CT molecular complexity index is 926. The third-order valence-electron chi connectivity index (χ3n) is 4.55. The highest BCUT2D eigenvalue weighted by Gasteiger charge is 2.17. The summed E-state index contributed by atoms with van der Waals surface area (Å²) in [6.07, 6.45) is -1.66. The minimum absolute atomic E-state index is 0.443. The molecule has 1 N–H and O–H groups in total. The molecule has 1 aliphatic heterocycles. The van der Waals surface area contributed by atoms with Crippen LogP contribution in [0.4, 0.5) is 20.3 Å². The molecule has 4 rings (SSSR count). The number of para-hydroxylation sites is 1. The van der Waals surface area contributed by atoms with E-state index in [1.165, 1.54) is 11.3 Å². The number of alkyl halides is 2. The number of hydrogen-bond donors (Lipinski definition) is 1. The van der Waals surface area contributed by atoms with Crippen LogP contribution in [0.25, 0.3) is 10.9 Å². The van der Waals surface area contributed by atoms with E-state index in [9.17, 15) is 8.78 Å². The number of halogens is 2. The molecule has 0 bridgehead atoms. The summed E-state index contributed by atoms with van der Waals surface area (Å²) < 4.78 is 26.1. The van der Waals surface area contributed by atoms with Gasteiger partial charge in [-0.2, -0.15) is 0 Å². The zero-order valence-corrected chi connectivity index (χ0v) is 13.8. The summed E-state index contributed by atoms with van der Waals surface area (Å²) in [6, 6.07) is 13.5. The van der Waals surface area contributed by atoms with E-state index < -0.39 is 12.2 Å². The SMILES string of the molecule is CN1CCc2cc(CNc3nc(C(F)F)nc4ccccc34)ccc21. The van der Waals surface area contributed by atoms with Gasteiger partial charge in [0, 0.05) is 31.2 Å². The molecule has 0 saturated carbocycles. The van der Waals surface area contributed by atoms with Crippen LogP contribution < -0.4 is 10.2 Å². The lowest BCUT2D eigenvalue weighted by atomic mass is 10.1. The summed E-state index contributed by atoms with van der Waals surface area (Å²) in [6.45, 7) is 1.56. The average molecular weight is 340 g/mol. The first-order valence-electron chi connectivity index (χ1n) is 8.23. The highest BCUT2D eigenvalue weighted by atomic mass is 19.3. The molecule has 6 heteroatoms. The molecular formula is C19H18F2N4. The lowest BCUT2D eigenvalue weighted by Crippen LogP contribution is -2.12. The number of nitrogens with one attached hydrogen (secondary N) is 1. The van der Waals surface area contributed by atoms with E-state index in [0.29, 0.717) is 17.9 Å². The molecule has 0 amide bonds. The molecule has 0 spiro atoms. The standard InChI is InChI=1S/C19H18F2N4/c1-25-9-8-13-10-12(6-7-16(13)25)11-22-18-14-4-2-3-5-15(14)23-19(24-18)17(20)21/h2-7,10,17H,8-9,11H2,1H3,(H,22,23,24). The molecule has 0 saturated heterocycles. The average Bonchev–Trinajstić information content (AvgIpc) is 3.00. The van der Waals surface area contributed by atoms with Gasteiger partial charge in [0.1, 0.15) is 5.82 Å². The summed E-state index contributed by atoms with van der Waals surface area (Å²) in [5.74, 6) is -0.00436. The van der Waals surface area contributed by atoms with Crippen molar-refractivity contribution in [2.45, 2.75) is 19.4 Å². The molecule has 0 radical (unpaired) electrons. The van der Waals surface area contributed by atoms with Crippen LogP contribution in [0.15, 0.2) is 42.5 Å². The number of nitrogens with zero attached hydrogens (tertiary/aromatic N) is 3. The molecule has 4 nitrogen and oxygen atoms in total. The van der Waals surface area contributed by atoms with Gasteiger partial charge in [-0.05, 0) is 35.7 Å². The third-order valence-corrected chi connectivity index (χ3v) is 4.55. The number of fused-ring (bicyclic) bond motifs is 2. The Labute approximate surface area is 144 Å². The zero-order valence-electron chi connectivity index (χ0n) is 13.8. The predicted molar refractivity (Wildman–Crippen MR) is 95.2 cm³/mol. The van der Waals surface area contributed by atoms with Crippen molar-refractivity contribution >= 4 is 22.4 Å². The van der Waals surface area contributed by atoms with Crippen LogP contribution in [0.3, 0.4) is 0 Å². The second-order valence-corrected chi connectivity index (χ2v) is 6.24. The fraction of sp³-hybridized carbons (Fsp3) is 0.263. The van der Waals surface area contributed by atoms with Crippen LogP contribution in [-0.4, -0.2) is 23.6 Å². The number of aromatic nitrogens is 2. The van der Waals surface area contributed by atoms with Gasteiger partial charge in [-0.25, -0.2) is 18.7 Å². The third kappa shape index (κ3) is 2.99. The molecule has 128 valence electrons. The van der Waals surface area contributed by atoms with E-state index in [1.807, 2.05) is 12.1 Å². The fourth-order valence-corrected chi connectivity index (χ4v) is 3.24. The van der Waals surface area contributed by atoms with Gasteiger partial charge in [0.15, 0.2) is 5.82 Å². The predicted octanol–water partition coefficient (Wildman–Crippen LogP) is 4.17. The van der Waals surface area contributed by atoms with E-state index in [-0.39, 0.29) is 0 Å². The van der Waals surface area contributed by atoms with Gasteiger partial charge in [0.05, 0.1) is 5.52 Å². The van der Waals surface area contributed by atoms with E-state index in [2.05, 4.69) is 45.4 Å². The second-order valence-electron chi connectivity index (χ2n) is 6.24. The van der Waals surface area contributed by atoms with Crippen molar-refractivity contribution in [2.75, 3.05) is 23.8 Å². The number of rotatable bonds is 4. The van der Waals surface area contributed by atoms with Crippen molar-refractivity contribution in [3.63, 3.8) is 0 Å². The summed E-state index contributed by atoms with van der Waals surface area (Å²) in [5, 5.41) is 3.95. The Morgan fingerprint density at radius 3 is 2.84 bits per heavy atom. The molecule has 0 fully saturated rings. The monoisotopic (exact) mass is 340 g/mol. The fourth-order valence-electron chi connectivity index (χ4n) is 3.24. The van der Waals surface area contributed by atoms with Crippen LogP contribution in [0.1, 0.15) is 23.4 Å². The quantitative estimate of drug-likeness (QED) is 0.774. The van der Waals surface area contributed by atoms with Crippen LogP contribution in [-0.2, 0) is 13.0 Å². The van der Waals surface area contributed by atoms with Crippen LogP contribution in [0.2, 0.25) is 0 Å². The first-order chi connectivity index (χ1) is 12.1. The number of likely N-dealkylation sites (N-methyl/N-ethyl adjacent to an activating group) is 1. The van der Waals surface area contributed by atoms with Crippen molar-refractivity contribution in [1.82, 2.24) is 9.97 Å². The van der Waals surface area contributed by atoms with Gasteiger partial charge in [-0.3, -0.25) is 0 Å². The van der Waals surface area contributed by atoms with Crippen molar-refractivity contribution < 1.29 is 8.78 Å². The highest BCUT2D eigenvalue weighted by molar-refractivity contribution is 5.89. The van der Waals surface area contributed by atoms with Gasteiger partial charge < -0.3 is 10.2 Å². The van der Waals surface area contributed by atoms with E-state index >= 15 is 0 Å². The largest absolute Gasteiger partial charge is 0.374 e. The van der Waals surface area contributed by atoms with Gasteiger partial charge in [0.25, 0.3) is 6.43 Å². The highest BCUT2D eigenvalue weighted by Crippen LogP contribution is 2.28.